The molecule has 2 rings (SSSR count). The Balaban J connectivity index is 2.17. The minimum atomic E-state index is 0.300. The highest BCUT2D eigenvalue weighted by atomic mass is 15.2. The molecule has 0 fully saturated rings. The van der Waals surface area contributed by atoms with E-state index in [0.717, 1.165) is 5.69 Å². The van der Waals surface area contributed by atoms with Gasteiger partial charge in [0.25, 0.3) is 0 Å². The van der Waals surface area contributed by atoms with Crippen LogP contribution in [0.5, 0.6) is 0 Å². The number of nitrogens with one attached hydrogen (secondary N) is 1. The van der Waals surface area contributed by atoms with Crippen molar-refractivity contribution in [1.82, 2.24) is 9.97 Å². The van der Waals surface area contributed by atoms with E-state index in [2.05, 4.69) is 20.2 Å². The van der Waals surface area contributed by atoms with Crippen LogP contribution < -0.4 is 4.90 Å². The smallest absolute Gasteiger partial charge is 0.210 e. The van der Waals surface area contributed by atoms with E-state index in [1.807, 2.05) is 49.3 Å². The minimum Gasteiger partial charge on any atom is -0.378 e. The SMILES string of the molecule is CN(C)c1ccc(N=Nc2nc[nH]c2C#N)cc1. The van der Waals surface area contributed by atoms with Crippen LogP contribution in [0.3, 0.4) is 0 Å². The topological polar surface area (TPSA) is 80.4 Å². The van der Waals surface area contributed by atoms with E-state index in [1.165, 1.54) is 6.33 Å². The van der Waals surface area contributed by atoms with Crippen molar-refractivity contribution in [1.29, 1.82) is 5.26 Å². The first-order valence-corrected chi connectivity index (χ1v) is 5.33. The second kappa shape index (κ2) is 5.10. The summed E-state index contributed by atoms with van der Waals surface area (Å²) < 4.78 is 0. The normalized spacial score (nSPS) is 10.5. The van der Waals surface area contributed by atoms with Gasteiger partial charge in [0.15, 0.2) is 5.69 Å². The number of nitrogens with zero attached hydrogens (tertiary/aromatic N) is 5. The van der Waals surface area contributed by atoms with Gasteiger partial charge in [-0.2, -0.15) is 5.26 Å². The number of aromatic nitrogens is 2. The van der Waals surface area contributed by atoms with Crippen LogP contribution in [0.1, 0.15) is 5.69 Å². The first-order valence-electron chi connectivity index (χ1n) is 5.33. The first-order chi connectivity index (χ1) is 8.70. The fourth-order valence-corrected chi connectivity index (χ4v) is 1.37. The summed E-state index contributed by atoms with van der Waals surface area (Å²) in [6.07, 6.45) is 1.42. The molecule has 0 atom stereocenters. The number of azo groups is 1. The van der Waals surface area contributed by atoms with Crippen molar-refractivity contribution < 1.29 is 0 Å². The highest BCUT2D eigenvalue weighted by Crippen LogP contribution is 2.21. The van der Waals surface area contributed by atoms with Gasteiger partial charge in [-0.3, -0.25) is 0 Å². The summed E-state index contributed by atoms with van der Waals surface area (Å²) in [5.74, 6) is 0.300. The van der Waals surface area contributed by atoms with Crippen molar-refractivity contribution in [2.24, 2.45) is 10.2 Å². The maximum Gasteiger partial charge on any atom is 0.210 e. The van der Waals surface area contributed by atoms with Gasteiger partial charge in [0.05, 0.1) is 12.0 Å². The van der Waals surface area contributed by atoms with Crippen LogP contribution in [-0.4, -0.2) is 24.1 Å². The number of H-pyrrole nitrogens is 1. The number of imidazole rings is 1. The van der Waals surface area contributed by atoms with Crippen LogP contribution in [0, 0.1) is 11.3 Å². The molecule has 0 radical (unpaired) electrons. The monoisotopic (exact) mass is 240 g/mol. The van der Waals surface area contributed by atoms with Crippen LogP contribution in [0.25, 0.3) is 0 Å². The van der Waals surface area contributed by atoms with Crippen molar-refractivity contribution in [3.05, 3.63) is 36.3 Å². The molecule has 0 aliphatic rings. The molecule has 6 heteroatoms. The number of aromatic amines is 1. The van der Waals surface area contributed by atoms with Crippen molar-refractivity contribution in [2.75, 3.05) is 19.0 Å². The average molecular weight is 240 g/mol. The summed E-state index contributed by atoms with van der Waals surface area (Å²) >= 11 is 0. The molecule has 0 bridgehead atoms. The zero-order valence-electron chi connectivity index (χ0n) is 10.1. The van der Waals surface area contributed by atoms with Gasteiger partial charge in [-0.15, -0.1) is 10.2 Å². The van der Waals surface area contributed by atoms with Crippen LogP contribution >= 0.6 is 0 Å². The Labute approximate surface area is 105 Å². The number of hydrogen-bond acceptors (Lipinski definition) is 5. The third-order valence-corrected chi connectivity index (χ3v) is 2.36. The van der Waals surface area contributed by atoms with Crippen LogP contribution in [-0.2, 0) is 0 Å². The summed E-state index contributed by atoms with van der Waals surface area (Å²) in [5.41, 5.74) is 2.11. The molecule has 0 amide bonds. The van der Waals surface area contributed by atoms with Crippen molar-refractivity contribution in [2.45, 2.75) is 0 Å². The van der Waals surface area contributed by atoms with Crippen LogP contribution in [0.15, 0.2) is 40.8 Å². The molecule has 1 N–H and O–H groups in total. The highest BCUT2D eigenvalue weighted by Gasteiger charge is 2.02. The van der Waals surface area contributed by atoms with Crippen molar-refractivity contribution in [3.63, 3.8) is 0 Å². The molecule has 0 unspecified atom stereocenters. The summed E-state index contributed by atoms with van der Waals surface area (Å²) in [6.45, 7) is 0. The third-order valence-electron chi connectivity index (χ3n) is 2.36. The van der Waals surface area contributed by atoms with E-state index < -0.39 is 0 Å². The zero-order valence-corrected chi connectivity index (χ0v) is 10.1. The van der Waals surface area contributed by atoms with Gasteiger partial charge in [0.1, 0.15) is 6.07 Å². The third kappa shape index (κ3) is 2.52. The molecule has 18 heavy (non-hydrogen) atoms. The van der Waals surface area contributed by atoms with E-state index in [1.54, 1.807) is 0 Å². The lowest BCUT2D eigenvalue weighted by Crippen LogP contribution is -2.07. The van der Waals surface area contributed by atoms with Crippen LogP contribution in [0.2, 0.25) is 0 Å². The summed E-state index contributed by atoms with van der Waals surface area (Å²) in [5, 5.41) is 16.7. The number of benzene rings is 1. The molecule has 0 aliphatic carbocycles. The summed E-state index contributed by atoms with van der Waals surface area (Å²) in [6, 6.07) is 9.57. The summed E-state index contributed by atoms with van der Waals surface area (Å²) in [7, 11) is 3.94. The van der Waals surface area contributed by atoms with Gasteiger partial charge < -0.3 is 9.88 Å². The molecule has 0 saturated heterocycles. The number of anilines is 1. The van der Waals surface area contributed by atoms with Gasteiger partial charge in [-0.05, 0) is 24.3 Å². The maximum atomic E-state index is 8.77. The molecule has 1 aromatic heterocycles. The first kappa shape index (κ1) is 11.8. The van der Waals surface area contributed by atoms with E-state index in [-0.39, 0.29) is 0 Å². The average Bonchev–Trinajstić information content (AvgIpc) is 2.84. The molecule has 1 heterocycles. The Kier molecular flexibility index (Phi) is 3.34. The molecule has 2 aromatic rings. The second-order valence-electron chi connectivity index (χ2n) is 3.82. The molecule has 0 spiro atoms. The van der Waals surface area contributed by atoms with E-state index in [9.17, 15) is 0 Å². The van der Waals surface area contributed by atoms with Crippen molar-refractivity contribution in [3.8, 4) is 6.07 Å². The fraction of sp³-hybridized carbons (Fsp3) is 0.167. The molecular weight excluding hydrogens is 228 g/mol. The summed E-state index contributed by atoms with van der Waals surface area (Å²) in [4.78, 5) is 8.59. The molecule has 0 saturated carbocycles. The molecule has 1 aromatic carbocycles. The predicted molar refractivity (Wildman–Crippen MR) is 68.2 cm³/mol. The number of hydrogen-bond donors (Lipinski definition) is 1. The zero-order chi connectivity index (χ0) is 13.0. The molecule has 90 valence electrons. The van der Waals surface area contributed by atoms with Gasteiger partial charge in [-0.25, -0.2) is 4.98 Å². The standard InChI is InChI=1S/C12H12N6/c1-18(2)10-5-3-9(4-6-10)16-17-12-11(7-13)14-8-15-12/h3-6,8H,1-2H3,(H,14,15). The lowest BCUT2D eigenvalue weighted by Gasteiger charge is -2.11. The van der Waals surface area contributed by atoms with Crippen LogP contribution in [0.4, 0.5) is 17.2 Å². The Bertz CT molecular complexity index is 588. The van der Waals surface area contributed by atoms with E-state index in [0.29, 0.717) is 17.2 Å². The maximum absolute atomic E-state index is 8.77. The Morgan fingerprint density at radius 2 is 1.94 bits per heavy atom. The number of rotatable bonds is 3. The lowest BCUT2D eigenvalue weighted by molar-refractivity contribution is 1.13. The molecule has 0 aliphatic heterocycles. The highest BCUT2D eigenvalue weighted by molar-refractivity contribution is 5.52. The lowest BCUT2D eigenvalue weighted by atomic mass is 10.3. The van der Waals surface area contributed by atoms with E-state index in [4.69, 9.17) is 5.26 Å². The molecule has 6 nitrogen and oxygen atoms in total. The molecular formula is C12H12N6. The van der Waals surface area contributed by atoms with Gasteiger partial charge in [0, 0.05) is 19.8 Å². The quantitative estimate of drug-likeness (QED) is 0.837. The Morgan fingerprint density at radius 3 is 2.56 bits per heavy atom. The Morgan fingerprint density at radius 1 is 1.22 bits per heavy atom. The van der Waals surface area contributed by atoms with Crippen molar-refractivity contribution >= 4 is 17.2 Å². The minimum absolute atomic E-state index is 0.300. The fourth-order valence-electron chi connectivity index (χ4n) is 1.37. The van der Waals surface area contributed by atoms with E-state index >= 15 is 0 Å². The predicted octanol–water partition coefficient (Wildman–Crippen LogP) is 2.76. The Hall–Kier alpha value is -2.68. The van der Waals surface area contributed by atoms with Gasteiger partial charge in [-0.1, -0.05) is 0 Å². The van der Waals surface area contributed by atoms with Gasteiger partial charge in [0.2, 0.25) is 5.82 Å². The second-order valence-corrected chi connectivity index (χ2v) is 3.82. The largest absolute Gasteiger partial charge is 0.378 e. The number of nitriles is 1. The van der Waals surface area contributed by atoms with Gasteiger partial charge >= 0.3 is 0 Å².